The lowest BCUT2D eigenvalue weighted by Gasteiger charge is -2.33. The number of aromatic nitrogens is 4. The molecule has 0 spiro atoms. The third-order valence-electron chi connectivity index (χ3n) is 5.52. The summed E-state index contributed by atoms with van der Waals surface area (Å²) in [7, 11) is 1.76. The summed E-state index contributed by atoms with van der Waals surface area (Å²) in [4.78, 5) is 23.9. The Labute approximate surface area is 185 Å². The molecular weight excluding hydrogens is 410 g/mol. The minimum atomic E-state index is -0.146. The molecule has 1 unspecified atom stereocenters. The van der Waals surface area contributed by atoms with Gasteiger partial charge < -0.3 is 25.0 Å². The van der Waals surface area contributed by atoms with Gasteiger partial charge in [-0.15, -0.1) is 0 Å². The second-order valence-corrected chi connectivity index (χ2v) is 8.03. The predicted molar refractivity (Wildman–Crippen MR) is 118 cm³/mol. The van der Waals surface area contributed by atoms with E-state index in [-0.39, 0.29) is 18.7 Å². The summed E-state index contributed by atoms with van der Waals surface area (Å²) in [6, 6.07) is 9.12. The smallest absolute Gasteiger partial charge is 0.269 e. The van der Waals surface area contributed by atoms with E-state index in [1.165, 1.54) is 6.42 Å². The number of hydrogen-bond acceptors (Lipinski definition) is 8. The predicted octanol–water partition coefficient (Wildman–Crippen LogP) is 2.17. The van der Waals surface area contributed by atoms with Gasteiger partial charge in [-0.05, 0) is 50.7 Å². The first-order valence-corrected chi connectivity index (χ1v) is 10.6. The monoisotopic (exact) mass is 435 g/mol. The lowest BCUT2D eigenvalue weighted by Crippen LogP contribution is -2.47. The van der Waals surface area contributed by atoms with Crippen molar-refractivity contribution in [3.63, 3.8) is 0 Å². The molecule has 2 aromatic heterocycles. The fourth-order valence-corrected chi connectivity index (χ4v) is 3.76. The molecule has 10 heteroatoms. The molecule has 4 heterocycles. The first-order valence-electron chi connectivity index (χ1n) is 10.6. The Kier molecular flexibility index (Phi) is 5.36. The Morgan fingerprint density at radius 1 is 1.16 bits per heavy atom. The molecule has 0 bridgehead atoms. The van der Waals surface area contributed by atoms with Crippen molar-refractivity contribution in [1.82, 2.24) is 30.0 Å². The van der Waals surface area contributed by atoms with Crippen molar-refractivity contribution in [3.8, 4) is 22.9 Å². The van der Waals surface area contributed by atoms with Gasteiger partial charge in [-0.3, -0.25) is 9.48 Å². The second kappa shape index (κ2) is 8.46. The number of aryl methyl sites for hydroxylation is 1. The molecule has 0 saturated carbocycles. The molecule has 2 N–H and O–H groups in total. The van der Waals surface area contributed by atoms with Crippen molar-refractivity contribution in [3.05, 3.63) is 42.2 Å². The fraction of sp³-hybridized carbons (Fsp3) is 0.364. The fourth-order valence-electron chi connectivity index (χ4n) is 3.76. The van der Waals surface area contributed by atoms with Crippen molar-refractivity contribution in [2.75, 3.05) is 31.7 Å². The van der Waals surface area contributed by atoms with Gasteiger partial charge in [0, 0.05) is 37.6 Å². The van der Waals surface area contributed by atoms with E-state index in [1.807, 2.05) is 25.1 Å². The average molecular weight is 435 g/mol. The number of carbonyl (C=O) groups excluding carboxylic acids is 1. The standard InChI is InChI=1S/C22H25N7O3/c1-14(12-29-8-3-9-29)24-21(30)18-11-17(27-28(18)2)16-6-7-23-22(26-16)25-15-4-5-19-20(10-15)32-13-31-19/h4-7,10-11,14H,3,8-9,12-13H2,1-2H3,(H,24,30)(H,23,25,26). The van der Waals surface area contributed by atoms with Crippen LogP contribution in [0, 0.1) is 0 Å². The van der Waals surface area contributed by atoms with Crippen LogP contribution in [0.25, 0.3) is 11.4 Å². The van der Waals surface area contributed by atoms with Gasteiger partial charge in [-0.25, -0.2) is 9.97 Å². The Morgan fingerprint density at radius 2 is 2.00 bits per heavy atom. The topological polar surface area (TPSA) is 106 Å². The first-order chi connectivity index (χ1) is 15.5. The van der Waals surface area contributed by atoms with Crippen LogP contribution in [0.5, 0.6) is 11.5 Å². The van der Waals surface area contributed by atoms with Crippen molar-refractivity contribution >= 4 is 17.5 Å². The summed E-state index contributed by atoms with van der Waals surface area (Å²) in [5.41, 5.74) is 2.48. The molecule has 32 heavy (non-hydrogen) atoms. The molecule has 1 aromatic carbocycles. The highest BCUT2D eigenvalue weighted by Crippen LogP contribution is 2.34. The molecule has 2 aliphatic heterocycles. The quantitative estimate of drug-likeness (QED) is 0.582. The number of anilines is 2. The van der Waals surface area contributed by atoms with E-state index in [0.29, 0.717) is 34.5 Å². The molecule has 166 valence electrons. The van der Waals surface area contributed by atoms with Crippen LogP contribution in [0.4, 0.5) is 11.6 Å². The average Bonchev–Trinajstić information content (AvgIpc) is 3.37. The van der Waals surface area contributed by atoms with Crippen LogP contribution < -0.4 is 20.1 Å². The summed E-state index contributed by atoms with van der Waals surface area (Å²) in [5.74, 6) is 1.66. The molecule has 10 nitrogen and oxygen atoms in total. The van der Waals surface area contributed by atoms with E-state index in [9.17, 15) is 4.79 Å². The molecule has 2 aliphatic rings. The zero-order valence-corrected chi connectivity index (χ0v) is 18.0. The van der Waals surface area contributed by atoms with Crippen molar-refractivity contribution < 1.29 is 14.3 Å². The number of benzene rings is 1. The maximum Gasteiger partial charge on any atom is 0.269 e. The lowest BCUT2D eigenvalue weighted by molar-refractivity contribution is 0.0905. The van der Waals surface area contributed by atoms with Crippen molar-refractivity contribution in [2.24, 2.45) is 7.05 Å². The highest BCUT2D eigenvalue weighted by molar-refractivity contribution is 5.93. The lowest BCUT2D eigenvalue weighted by atomic mass is 10.2. The molecule has 0 aliphatic carbocycles. The van der Waals surface area contributed by atoms with E-state index in [4.69, 9.17) is 9.47 Å². The third kappa shape index (κ3) is 4.22. The molecule has 0 radical (unpaired) electrons. The molecule has 3 aromatic rings. The number of likely N-dealkylation sites (tertiary alicyclic amines) is 1. The summed E-state index contributed by atoms with van der Waals surface area (Å²) in [6.07, 6.45) is 2.89. The van der Waals surface area contributed by atoms with E-state index in [2.05, 4.69) is 30.6 Å². The first kappa shape index (κ1) is 20.3. The number of hydrogen-bond donors (Lipinski definition) is 2. The van der Waals surface area contributed by atoms with Gasteiger partial charge in [0.2, 0.25) is 12.7 Å². The number of rotatable bonds is 7. The maximum absolute atomic E-state index is 12.8. The number of nitrogens with zero attached hydrogens (tertiary/aromatic N) is 5. The maximum atomic E-state index is 12.8. The van der Waals surface area contributed by atoms with Crippen LogP contribution in [0.15, 0.2) is 36.5 Å². The van der Waals surface area contributed by atoms with Crippen LogP contribution >= 0.6 is 0 Å². The highest BCUT2D eigenvalue weighted by Gasteiger charge is 2.21. The van der Waals surface area contributed by atoms with E-state index in [0.717, 1.165) is 25.3 Å². The largest absolute Gasteiger partial charge is 0.454 e. The van der Waals surface area contributed by atoms with Crippen molar-refractivity contribution in [1.29, 1.82) is 0 Å². The number of nitrogens with one attached hydrogen (secondary N) is 2. The van der Waals surface area contributed by atoms with E-state index >= 15 is 0 Å². The van der Waals surface area contributed by atoms with E-state index in [1.54, 1.807) is 30.1 Å². The molecule has 1 amide bonds. The van der Waals surface area contributed by atoms with Crippen LogP contribution in [0.1, 0.15) is 23.8 Å². The summed E-state index contributed by atoms with van der Waals surface area (Å²) >= 11 is 0. The molecular formula is C22H25N7O3. The van der Waals surface area contributed by atoms with Gasteiger partial charge in [0.25, 0.3) is 5.91 Å². The molecule has 1 saturated heterocycles. The Balaban J connectivity index is 1.29. The number of amides is 1. The summed E-state index contributed by atoms with van der Waals surface area (Å²) in [6.45, 7) is 5.31. The van der Waals surface area contributed by atoms with Crippen LogP contribution in [0.3, 0.4) is 0 Å². The Hall–Kier alpha value is -3.66. The van der Waals surface area contributed by atoms with Gasteiger partial charge >= 0.3 is 0 Å². The molecule has 1 fully saturated rings. The van der Waals surface area contributed by atoms with Gasteiger partial charge in [0.05, 0.1) is 5.69 Å². The van der Waals surface area contributed by atoms with Crippen LogP contribution in [0.2, 0.25) is 0 Å². The number of carbonyl (C=O) groups is 1. The second-order valence-electron chi connectivity index (χ2n) is 8.03. The van der Waals surface area contributed by atoms with Gasteiger partial charge in [-0.2, -0.15) is 5.10 Å². The molecule has 5 rings (SSSR count). The van der Waals surface area contributed by atoms with Crippen LogP contribution in [-0.2, 0) is 7.05 Å². The minimum Gasteiger partial charge on any atom is -0.454 e. The number of fused-ring (bicyclic) bond motifs is 1. The van der Waals surface area contributed by atoms with Crippen molar-refractivity contribution in [2.45, 2.75) is 19.4 Å². The third-order valence-corrected chi connectivity index (χ3v) is 5.52. The van der Waals surface area contributed by atoms with Gasteiger partial charge in [-0.1, -0.05) is 0 Å². The van der Waals surface area contributed by atoms with Gasteiger partial charge in [0.1, 0.15) is 11.4 Å². The summed E-state index contributed by atoms with van der Waals surface area (Å²) < 4.78 is 12.3. The Bertz CT molecular complexity index is 1140. The number of ether oxygens (including phenoxy) is 2. The SMILES string of the molecule is CC(CN1CCC1)NC(=O)c1cc(-c2ccnc(Nc3ccc4c(c3)OCO4)n2)nn1C. The molecule has 1 atom stereocenters. The van der Waals surface area contributed by atoms with Gasteiger partial charge in [0.15, 0.2) is 11.5 Å². The highest BCUT2D eigenvalue weighted by atomic mass is 16.7. The summed E-state index contributed by atoms with van der Waals surface area (Å²) in [5, 5.41) is 10.7. The normalized spacial score (nSPS) is 15.8. The zero-order valence-electron chi connectivity index (χ0n) is 18.0. The van der Waals surface area contributed by atoms with E-state index < -0.39 is 0 Å². The minimum absolute atomic E-state index is 0.0673. The Morgan fingerprint density at radius 3 is 2.81 bits per heavy atom. The van der Waals surface area contributed by atoms with Crippen LogP contribution in [-0.4, -0.2) is 63.0 Å². The zero-order chi connectivity index (χ0) is 22.1.